The van der Waals surface area contributed by atoms with Gasteiger partial charge in [-0.1, -0.05) is 38.8 Å². The van der Waals surface area contributed by atoms with Crippen LogP contribution in [0.15, 0.2) is 24.3 Å². The second-order valence-electron chi connectivity index (χ2n) is 6.97. The highest BCUT2D eigenvalue weighted by molar-refractivity contribution is 5.67. The molecule has 0 saturated carbocycles. The van der Waals surface area contributed by atoms with Crippen LogP contribution in [0.5, 0.6) is 0 Å². The zero-order valence-electron chi connectivity index (χ0n) is 15.2. The Morgan fingerprint density at radius 2 is 1.83 bits per heavy atom. The average molecular weight is 320 g/mol. The Hall–Kier alpha value is -1.71. The Morgan fingerprint density at radius 3 is 2.39 bits per heavy atom. The first-order valence-corrected chi connectivity index (χ1v) is 8.66. The Balaban J connectivity index is 2.57. The van der Waals surface area contributed by atoms with E-state index >= 15 is 0 Å². The molecule has 4 heteroatoms. The predicted octanol–water partition coefficient (Wildman–Crippen LogP) is 5.09. The number of benzene rings is 1. The fourth-order valence-electron chi connectivity index (χ4n) is 2.48. The first kappa shape index (κ1) is 19.3. The van der Waals surface area contributed by atoms with Crippen LogP contribution in [0.2, 0.25) is 0 Å². The molecule has 0 aliphatic rings. The molecule has 23 heavy (non-hydrogen) atoms. The standard InChI is InChI=1S/C19H32N2O2/c1-6-9-16(10-7-2)21-17-12-8-11-15(13-17)14-20-18(22)23-19(3,4)5/h8,11-13,16,21H,6-7,9-10,14H2,1-5H3,(H,20,22). The van der Waals surface area contributed by atoms with Crippen molar-refractivity contribution >= 4 is 11.8 Å². The first-order chi connectivity index (χ1) is 10.8. The molecular formula is C19H32N2O2. The minimum absolute atomic E-state index is 0.384. The zero-order valence-corrected chi connectivity index (χ0v) is 15.2. The monoisotopic (exact) mass is 320 g/mol. The largest absolute Gasteiger partial charge is 0.444 e. The van der Waals surface area contributed by atoms with Crippen molar-refractivity contribution in [1.82, 2.24) is 5.32 Å². The van der Waals surface area contributed by atoms with E-state index in [2.05, 4.69) is 36.6 Å². The van der Waals surface area contributed by atoms with Crippen LogP contribution in [0, 0.1) is 0 Å². The van der Waals surface area contributed by atoms with Crippen LogP contribution in [0.4, 0.5) is 10.5 Å². The van der Waals surface area contributed by atoms with E-state index in [0.717, 1.165) is 11.3 Å². The molecule has 1 aromatic carbocycles. The topological polar surface area (TPSA) is 50.4 Å². The van der Waals surface area contributed by atoms with E-state index in [1.165, 1.54) is 25.7 Å². The third-order valence-corrected chi connectivity index (χ3v) is 3.41. The minimum Gasteiger partial charge on any atom is -0.444 e. The molecule has 4 nitrogen and oxygen atoms in total. The molecule has 2 N–H and O–H groups in total. The number of alkyl carbamates (subject to hydrolysis) is 1. The summed E-state index contributed by atoms with van der Waals surface area (Å²) in [6.07, 6.45) is 4.32. The van der Waals surface area contributed by atoms with Gasteiger partial charge in [-0.05, 0) is 51.3 Å². The Morgan fingerprint density at radius 1 is 1.17 bits per heavy atom. The number of amides is 1. The second-order valence-corrected chi connectivity index (χ2v) is 6.97. The lowest BCUT2D eigenvalue weighted by Gasteiger charge is -2.20. The third-order valence-electron chi connectivity index (χ3n) is 3.41. The van der Waals surface area contributed by atoms with Gasteiger partial charge in [-0.15, -0.1) is 0 Å². The van der Waals surface area contributed by atoms with Crippen molar-refractivity contribution in [2.24, 2.45) is 0 Å². The molecule has 1 rings (SSSR count). The summed E-state index contributed by atoms with van der Waals surface area (Å²) in [4.78, 5) is 11.7. The first-order valence-electron chi connectivity index (χ1n) is 8.66. The van der Waals surface area contributed by atoms with Crippen molar-refractivity contribution < 1.29 is 9.53 Å². The van der Waals surface area contributed by atoms with Crippen molar-refractivity contribution in [2.45, 2.75) is 78.5 Å². The molecule has 0 radical (unpaired) electrons. The lowest BCUT2D eigenvalue weighted by molar-refractivity contribution is 0.0523. The Labute approximate surface area is 141 Å². The summed E-state index contributed by atoms with van der Waals surface area (Å²) in [5, 5.41) is 6.40. The van der Waals surface area contributed by atoms with Crippen LogP contribution in [-0.2, 0) is 11.3 Å². The lowest BCUT2D eigenvalue weighted by atomic mass is 10.1. The molecular weight excluding hydrogens is 288 g/mol. The van der Waals surface area contributed by atoms with Gasteiger partial charge in [-0.2, -0.15) is 0 Å². The summed E-state index contributed by atoms with van der Waals surface area (Å²) in [6, 6.07) is 8.71. The molecule has 130 valence electrons. The Kier molecular flexibility index (Phi) is 7.93. The summed E-state index contributed by atoms with van der Waals surface area (Å²) < 4.78 is 5.25. The van der Waals surface area contributed by atoms with E-state index in [0.29, 0.717) is 12.6 Å². The van der Waals surface area contributed by atoms with Gasteiger partial charge in [-0.25, -0.2) is 4.79 Å². The normalized spacial score (nSPS) is 11.4. The van der Waals surface area contributed by atoms with E-state index in [9.17, 15) is 4.79 Å². The molecule has 0 aromatic heterocycles. The molecule has 0 spiro atoms. The second kappa shape index (κ2) is 9.43. The maximum absolute atomic E-state index is 11.7. The molecule has 1 amide bonds. The number of hydrogen-bond acceptors (Lipinski definition) is 3. The van der Waals surface area contributed by atoms with Crippen molar-refractivity contribution in [2.75, 3.05) is 5.32 Å². The summed E-state index contributed by atoms with van der Waals surface area (Å²) >= 11 is 0. The minimum atomic E-state index is -0.471. The van der Waals surface area contributed by atoms with Gasteiger partial charge in [0.1, 0.15) is 5.60 Å². The van der Waals surface area contributed by atoms with Crippen molar-refractivity contribution in [3.8, 4) is 0 Å². The van der Waals surface area contributed by atoms with Crippen LogP contribution in [0.1, 0.15) is 65.9 Å². The van der Waals surface area contributed by atoms with Gasteiger partial charge in [-0.3, -0.25) is 0 Å². The fraction of sp³-hybridized carbons (Fsp3) is 0.632. The Bertz CT molecular complexity index is 475. The van der Waals surface area contributed by atoms with Crippen LogP contribution < -0.4 is 10.6 Å². The summed E-state index contributed by atoms with van der Waals surface area (Å²) in [7, 11) is 0. The van der Waals surface area contributed by atoms with Crippen LogP contribution >= 0.6 is 0 Å². The SMILES string of the molecule is CCCC(CCC)Nc1cccc(CNC(=O)OC(C)(C)C)c1. The molecule has 0 saturated heterocycles. The van der Waals surface area contributed by atoms with Gasteiger partial charge < -0.3 is 15.4 Å². The summed E-state index contributed by atoms with van der Waals surface area (Å²) in [6.45, 7) is 10.5. The quantitative estimate of drug-likeness (QED) is 0.701. The van der Waals surface area contributed by atoms with Crippen LogP contribution in [-0.4, -0.2) is 17.7 Å². The third kappa shape index (κ3) is 8.48. The molecule has 0 heterocycles. The van der Waals surface area contributed by atoms with Crippen molar-refractivity contribution in [3.63, 3.8) is 0 Å². The number of rotatable bonds is 8. The smallest absolute Gasteiger partial charge is 0.407 e. The maximum atomic E-state index is 11.7. The summed E-state index contributed by atoms with van der Waals surface area (Å²) in [5.41, 5.74) is 1.70. The molecule has 0 unspecified atom stereocenters. The van der Waals surface area contributed by atoms with E-state index < -0.39 is 5.60 Å². The molecule has 1 aromatic rings. The van der Waals surface area contributed by atoms with Gasteiger partial charge in [0.2, 0.25) is 0 Å². The maximum Gasteiger partial charge on any atom is 0.407 e. The highest BCUT2D eigenvalue weighted by Gasteiger charge is 2.15. The lowest BCUT2D eigenvalue weighted by Crippen LogP contribution is -2.32. The van der Waals surface area contributed by atoms with Gasteiger partial charge in [0.25, 0.3) is 0 Å². The number of ether oxygens (including phenoxy) is 1. The van der Waals surface area contributed by atoms with Gasteiger partial charge in [0.15, 0.2) is 0 Å². The number of carbonyl (C=O) groups excluding carboxylic acids is 1. The molecule has 0 bridgehead atoms. The number of carbonyl (C=O) groups is 1. The van der Waals surface area contributed by atoms with E-state index in [4.69, 9.17) is 4.74 Å². The average Bonchev–Trinajstić information content (AvgIpc) is 2.44. The van der Waals surface area contributed by atoms with Crippen LogP contribution in [0.25, 0.3) is 0 Å². The van der Waals surface area contributed by atoms with E-state index in [1.54, 1.807) is 0 Å². The van der Waals surface area contributed by atoms with Crippen molar-refractivity contribution in [1.29, 1.82) is 0 Å². The van der Waals surface area contributed by atoms with Crippen LogP contribution in [0.3, 0.4) is 0 Å². The van der Waals surface area contributed by atoms with Crippen molar-refractivity contribution in [3.05, 3.63) is 29.8 Å². The molecule has 0 fully saturated rings. The van der Waals surface area contributed by atoms with Gasteiger partial charge in [0.05, 0.1) is 0 Å². The summed E-state index contributed by atoms with van der Waals surface area (Å²) in [5.74, 6) is 0. The van der Waals surface area contributed by atoms with E-state index in [-0.39, 0.29) is 6.09 Å². The number of anilines is 1. The van der Waals surface area contributed by atoms with Gasteiger partial charge >= 0.3 is 6.09 Å². The van der Waals surface area contributed by atoms with Gasteiger partial charge in [0, 0.05) is 18.3 Å². The molecule has 0 aliphatic heterocycles. The molecule has 0 aliphatic carbocycles. The zero-order chi connectivity index (χ0) is 17.3. The highest BCUT2D eigenvalue weighted by Crippen LogP contribution is 2.16. The van der Waals surface area contributed by atoms with E-state index in [1.807, 2.05) is 32.9 Å². The molecule has 0 atom stereocenters. The highest BCUT2D eigenvalue weighted by atomic mass is 16.6. The fourth-order valence-corrected chi connectivity index (χ4v) is 2.48. The number of hydrogen-bond donors (Lipinski definition) is 2. The predicted molar refractivity (Wildman–Crippen MR) is 96.7 cm³/mol. The number of nitrogens with one attached hydrogen (secondary N) is 2.